The molecule has 0 radical (unpaired) electrons. The summed E-state index contributed by atoms with van der Waals surface area (Å²) < 4.78 is 1.75. The molecule has 0 amide bonds. The zero-order valence-corrected chi connectivity index (χ0v) is 12.6. The van der Waals surface area contributed by atoms with Crippen molar-refractivity contribution in [3.05, 3.63) is 28.2 Å². The molecule has 0 fully saturated rings. The molecule has 2 rings (SSSR count). The summed E-state index contributed by atoms with van der Waals surface area (Å²) in [5, 5.41) is 5.22. The van der Waals surface area contributed by atoms with Crippen LogP contribution >= 0.6 is 11.6 Å². The van der Waals surface area contributed by atoms with Gasteiger partial charge in [-0.15, -0.1) is 5.10 Å². The van der Waals surface area contributed by atoms with Gasteiger partial charge >= 0.3 is 0 Å². The van der Waals surface area contributed by atoms with Gasteiger partial charge in [-0.1, -0.05) is 46.2 Å². The van der Waals surface area contributed by atoms with Crippen LogP contribution in [0.25, 0.3) is 5.65 Å². The van der Waals surface area contributed by atoms with E-state index in [2.05, 4.69) is 57.7 Å². The first kappa shape index (κ1) is 13.3. The highest BCUT2D eigenvalue weighted by Gasteiger charge is 2.22. The number of aromatic nitrogens is 3. The van der Waals surface area contributed by atoms with Crippen molar-refractivity contribution in [2.75, 3.05) is 0 Å². The summed E-state index contributed by atoms with van der Waals surface area (Å²) in [6.45, 7) is 12.7. The van der Waals surface area contributed by atoms with Gasteiger partial charge in [-0.05, 0) is 30.0 Å². The molecule has 98 valence electrons. The van der Waals surface area contributed by atoms with Gasteiger partial charge in [0, 0.05) is 5.41 Å². The van der Waals surface area contributed by atoms with Crippen molar-refractivity contribution >= 4 is 17.2 Å². The third-order valence-electron chi connectivity index (χ3n) is 3.06. The zero-order chi connectivity index (χ0) is 13.7. The van der Waals surface area contributed by atoms with Crippen molar-refractivity contribution in [3.8, 4) is 0 Å². The normalized spacial score (nSPS) is 12.7. The number of pyridine rings is 1. The molecule has 0 saturated carbocycles. The number of hydrogen-bond acceptors (Lipinski definition) is 2. The van der Waals surface area contributed by atoms with Crippen molar-refractivity contribution in [3.63, 3.8) is 0 Å². The zero-order valence-electron chi connectivity index (χ0n) is 11.9. The molecular weight excluding hydrogens is 246 g/mol. The highest BCUT2D eigenvalue weighted by Crippen LogP contribution is 2.29. The summed E-state index contributed by atoms with van der Waals surface area (Å²) in [7, 11) is 0. The predicted octanol–water partition coefficient (Wildman–Crippen LogP) is 4.11. The van der Waals surface area contributed by atoms with E-state index in [-0.39, 0.29) is 5.41 Å². The minimum Gasteiger partial charge on any atom is -0.211 e. The fraction of sp³-hybridized carbons (Fsp3) is 0.571. The maximum atomic E-state index is 6.47. The molecule has 0 aromatic carbocycles. The minimum absolute atomic E-state index is 0.0682. The van der Waals surface area contributed by atoms with Crippen LogP contribution in [0.1, 0.15) is 57.5 Å². The second kappa shape index (κ2) is 4.23. The quantitative estimate of drug-likeness (QED) is 0.727. The molecule has 18 heavy (non-hydrogen) atoms. The Balaban J connectivity index is 2.75. The molecule has 2 aromatic heterocycles. The van der Waals surface area contributed by atoms with E-state index in [9.17, 15) is 0 Å². The van der Waals surface area contributed by atoms with Crippen molar-refractivity contribution in [2.24, 2.45) is 0 Å². The Bertz CT molecular complexity index is 591. The van der Waals surface area contributed by atoms with E-state index in [4.69, 9.17) is 11.6 Å². The fourth-order valence-corrected chi connectivity index (χ4v) is 2.61. The molecule has 0 unspecified atom stereocenters. The lowest BCUT2D eigenvalue weighted by atomic mass is 9.96. The monoisotopic (exact) mass is 265 g/mol. The van der Waals surface area contributed by atoms with Gasteiger partial charge in [0.1, 0.15) is 5.15 Å². The average Bonchev–Trinajstić information content (AvgIpc) is 2.60. The van der Waals surface area contributed by atoms with Crippen LogP contribution in [0.15, 0.2) is 6.07 Å². The van der Waals surface area contributed by atoms with Crippen LogP contribution < -0.4 is 0 Å². The van der Waals surface area contributed by atoms with Crippen LogP contribution in [0.2, 0.25) is 5.15 Å². The Hall–Kier alpha value is -1.09. The average molecular weight is 266 g/mol. The van der Waals surface area contributed by atoms with Crippen molar-refractivity contribution < 1.29 is 0 Å². The highest BCUT2D eigenvalue weighted by molar-refractivity contribution is 6.30. The highest BCUT2D eigenvalue weighted by atomic mass is 35.5. The van der Waals surface area contributed by atoms with Gasteiger partial charge in [0.15, 0.2) is 11.5 Å². The molecular formula is C14H20ClN3. The Morgan fingerprint density at radius 2 is 1.89 bits per heavy atom. The van der Waals surface area contributed by atoms with Gasteiger partial charge in [-0.3, -0.25) is 0 Å². The number of hydrogen-bond donors (Lipinski definition) is 0. The van der Waals surface area contributed by atoms with Crippen LogP contribution in [-0.2, 0) is 5.41 Å². The summed E-state index contributed by atoms with van der Waals surface area (Å²) in [5.41, 5.74) is 3.08. The number of fused-ring (bicyclic) bond motifs is 1. The Morgan fingerprint density at radius 3 is 2.39 bits per heavy atom. The number of rotatable bonds is 1. The molecule has 2 aromatic rings. The van der Waals surface area contributed by atoms with Gasteiger partial charge in [0.2, 0.25) is 0 Å². The summed E-state index contributed by atoms with van der Waals surface area (Å²) in [4.78, 5) is 4.57. The molecule has 0 aliphatic rings. The third-order valence-corrected chi connectivity index (χ3v) is 3.42. The first-order valence-electron chi connectivity index (χ1n) is 6.28. The van der Waals surface area contributed by atoms with Gasteiger partial charge in [-0.2, -0.15) is 0 Å². The smallest absolute Gasteiger partial charge is 0.157 e. The summed E-state index contributed by atoms with van der Waals surface area (Å²) in [5.74, 6) is 1.20. The lowest BCUT2D eigenvalue weighted by Crippen LogP contribution is -2.13. The first-order chi connectivity index (χ1) is 8.21. The van der Waals surface area contributed by atoms with Gasteiger partial charge in [0.05, 0.1) is 0 Å². The molecule has 3 nitrogen and oxygen atoms in total. The summed E-state index contributed by atoms with van der Waals surface area (Å²) in [6, 6.07) is 2.06. The Labute approximate surface area is 113 Å². The van der Waals surface area contributed by atoms with E-state index in [0.29, 0.717) is 11.1 Å². The maximum absolute atomic E-state index is 6.47. The van der Waals surface area contributed by atoms with E-state index in [1.807, 2.05) is 0 Å². The van der Waals surface area contributed by atoms with E-state index in [1.54, 1.807) is 4.52 Å². The van der Waals surface area contributed by atoms with Crippen molar-refractivity contribution in [2.45, 2.75) is 52.9 Å². The fourth-order valence-electron chi connectivity index (χ4n) is 2.12. The topological polar surface area (TPSA) is 30.2 Å². The summed E-state index contributed by atoms with van der Waals surface area (Å²) >= 11 is 6.47. The Kier molecular flexibility index (Phi) is 3.14. The Morgan fingerprint density at radius 1 is 1.28 bits per heavy atom. The summed E-state index contributed by atoms with van der Waals surface area (Å²) in [6.07, 6.45) is 0. The molecule has 0 aliphatic heterocycles. The van der Waals surface area contributed by atoms with Crippen LogP contribution in [0.3, 0.4) is 0 Å². The van der Waals surface area contributed by atoms with Crippen molar-refractivity contribution in [1.82, 2.24) is 14.6 Å². The number of aryl methyl sites for hydroxylation is 1. The molecule has 0 N–H and O–H groups in total. The van der Waals surface area contributed by atoms with Crippen LogP contribution in [0.5, 0.6) is 0 Å². The second-order valence-electron chi connectivity index (χ2n) is 6.14. The molecule has 0 aliphatic carbocycles. The molecule has 0 saturated heterocycles. The predicted molar refractivity (Wildman–Crippen MR) is 75.5 cm³/mol. The number of nitrogens with zero attached hydrogens (tertiary/aromatic N) is 3. The van der Waals surface area contributed by atoms with Gasteiger partial charge in [-0.25, -0.2) is 9.50 Å². The molecule has 0 spiro atoms. The first-order valence-corrected chi connectivity index (χ1v) is 6.66. The maximum Gasteiger partial charge on any atom is 0.157 e. The largest absolute Gasteiger partial charge is 0.211 e. The second-order valence-corrected chi connectivity index (χ2v) is 6.50. The molecule has 2 heterocycles. The van der Waals surface area contributed by atoms with E-state index >= 15 is 0 Å². The van der Waals surface area contributed by atoms with E-state index in [1.165, 1.54) is 5.56 Å². The standard InChI is InChI=1S/C14H20ClN3/c1-8(2)11-9(3)7-10-16-13(14(4,5)6)17-18(10)12(11)15/h7-8H,1-6H3. The van der Waals surface area contributed by atoms with Gasteiger partial charge < -0.3 is 0 Å². The minimum atomic E-state index is -0.0682. The van der Waals surface area contributed by atoms with E-state index in [0.717, 1.165) is 17.0 Å². The van der Waals surface area contributed by atoms with Crippen molar-refractivity contribution in [1.29, 1.82) is 0 Å². The SMILES string of the molecule is Cc1cc2nc(C(C)(C)C)nn2c(Cl)c1C(C)C. The van der Waals surface area contributed by atoms with Crippen LogP contribution in [0.4, 0.5) is 0 Å². The molecule has 4 heteroatoms. The third kappa shape index (κ3) is 2.12. The van der Waals surface area contributed by atoms with E-state index < -0.39 is 0 Å². The van der Waals surface area contributed by atoms with Crippen LogP contribution in [-0.4, -0.2) is 14.6 Å². The number of halogens is 1. The lowest BCUT2D eigenvalue weighted by Gasteiger charge is -2.13. The molecule has 0 bridgehead atoms. The van der Waals surface area contributed by atoms with Crippen LogP contribution in [0, 0.1) is 6.92 Å². The molecule has 0 atom stereocenters. The lowest BCUT2D eigenvalue weighted by molar-refractivity contribution is 0.545. The van der Waals surface area contributed by atoms with Gasteiger partial charge in [0.25, 0.3) is 0 Å².